The molecule has 4 N–H and O–H groups in total. The van der Waals surface area contributed by atoms with E-state index in [9.17, 15) is 9.18 Å². The number of carbonyl (C=O) groups excluding carboxylic acids is 1. The fraction of sp³-hybridized carbons (Fsp3) is 0.0500. The van der Waals surface area contributed by atoms with E-state index in [1.165, 1.54) is 0 Å². The Kier molecular flexibility index (Phi) is 4.25. The summed E-state index contributed by atoms with van der Waals surface area (Å²) >= 11 is 0. The Balaban J connectivity index is 1.67. The third kappa shape index (κ3) is 3.35. The van der Waals surface area contributed by atoms with Crippen molar-refractivity contribution in [2.24, 2.45) is 5.73 Å². The number of hydrogen-bond acceptors (Lipinski definition) is 4. The van der Waals surface area contributed by atoms with Gasteiger partial charge in [-0.15, -0.1) is 5.10 Å². The number of nitrogens with one attached hydrogen (secondary N) is 2. The molecule has 0 saturated heterocycles. The number of hydrogen-bond donors (Lipinski definition) is 3. The number of pyridine rings is 1. The highest BCUT2D eigenvalue weighted by Gasteiger charge is 2.17. The lowest BCUT2D eigenvalue weighted by Gasteiger charge is -2.17. The highest BCUT2D eigenvalue weighted by molar-refractivity contribution is 5.86. The van der Waals surface area contributed by atoms with Gasteiger partial charge in [0.1, 0.15) is 6.04 Å². The molecule has 0 radical (unpaired) electrons. The molecule has 2 aromatic heterocycles. The van der Waals surface area contributed by atoms with Crippen molar-refractivity contribution in [2.75, 3.05) is 5.32 Å². The van der Waals surface area contributed by atoms with Crippen LogP contribution in [-0.4, -0.2) is 21.1 Å². The summed E-state index contributed by atoms with van der Waals surface area (Å²) in [5.74, 6) is -1.04. The topological polar surface area (TPSA) is 96.7 Å². The quantitative estimate of drug-likeness (QED) is 0.507. The molecule has 1 unspecified atom stereocenters. The second-order valence-electron chi connectivity index (χ2n) is 6.13. The number of halogens is 1. The molecule has 0 aliphatic heterocycles. The highest BCUT2D eigenvalue weighted by Crippen LogP contribution is 2.27. The molecule has 4 rings (SSSR count). The van der Waals surface area contributed by atoms with Crippen LogP contribution in [0.3, 0.4) is 0 Å². The van der Waals surface area contributed by atoms with Crippen LogP contribution in [0, 0.1) is 5.95 Å². The van der Waals surface area contributed by atoms with Crippen molar-refractivity contribution in [3.8, 4) is 11.1 Å². The molecule has 0 fully saturated rings. The van der Waals surface area contributed by atoms with Gasteiger partial charge in [-0.25, -0.2) is 0 Å². The summed E-state index contributed by atoms with van der Waals surface area (Å²) in [7, 11) is 0. The number of nitrogens with two attached hydrogens (primary N) is 1. The van der Waals surface area contributed by atoms with Gasteiger partial charge >= 0.3 is 0 Å². The van der Waals surface area contributed by atoms with E-state index in [0.717, 1.165) is 16.7 Å². The zero-order chi connectivity index (χ0) is 18.8. The minimum absolute atomic E-state index is 0.408. The first kappa shape index (κ1) is 16.7. The number of amides is 1. The largest absolute Gasteiger partial charge is 0.369 e. The molecule has 4 aromatic rings. The van der Waals surface area contributed by atoms with Crippen LogP contribution < -0.4 is 11.1 Å². The summed E-state index contributed by atoms with van der Waals surface area (Å²) in [4.78, 5) is 16.1. The minimum Gasteiger partial charge on any atom is -0.369 e. The summed E-state index contributed by atoms with van der Waals surface area (Å²) in [6.45, 7) is 0. The van der Waals surface area contributed by atoms with Gasteiger partial charge in [-0.2, -0.15) is 4.39 Å². The van der Waals surface area contributed by atoms with Gasteiger partial charge in [0.2, 0.25) is 11.9 Å². The van der Waals surface area contributed by atoms with Crippen LogP contribution in [0.15, 0.2) is 67.0 Å². The molecule has 0 spiro atoms. The predicted octanol–water partition coefficient (Wildman–Crippen LogP) is 3.40. The Labute approximate surface area is 154 Å². The molecular weight excluding hydrogens is 345 g/mol. The first-order valence-corrected chi connectivity index (χ1v) is 8.31. The van der Waals surface area contributed by atoms with E-state index in [2.05, 4.69) is 20.5 Å². The zero-order valence-electron chi connectivity index (χ0n) is 14.2. The second kappa shape index (κ2) is 6.87. The molecule has 2 aromatic carbocycles. The smallest absolute Gasteiger partial charge is 0.244 e. The Bertz CT molecular complexity index is 1110. The molecule has 7 heteroatoms. The maximum atomic E-state index is 13.7. The highest BCUT2D eigenvalue weighted by atomic mass is 19.1. The van der Waals surface area contributed by atoms with Crippen molar-refractivity contribution in [3.05, 3.63) is 78.5 Å². The Hall–Kier alpha value is -3.74. The van der Waals surface area contributed by atoms with Crippen molar-refractivity contribution < 1.29 is 9.18 Å². The van der Waals surface area contributed by atoms with E-state index < -0.39 is 17.9 Å². The molecule has 0 aliphatic rings. The Morgan fingerprint density at radius 1 is 1.07 bits per heavy atom. The number of H-pyrrole nitrogens is 1. The average molecular weight is 361 g/mol. The molecule has 2 heterocycles. The van der Waals surface area contributed by atoms with Gasteiger partial charge in [-0.1, -0.05) is 36.4 Å². The van der Waals surface area contributed by atoms with Gasteiger partial charge < -0.3 is 11.1 Å². The normalized spacial score (nSPS) is 12.0. The van der Waals surface area contributed by atoms with Gasteiger partial charge in [0.15, 0.2) is 0 Å². The molecule has 0 bridgehead atoms. The molecule has 134 valence electrons. The van der Waals surface area contributed by atoms with E-state index in [1.54, 1.807) is 24.5 Å². The average Bonchev–Trinajstić information content (AvgIpc) is 3.07. The lowest BCUT2D eigenvalue weighted by molar-refractivity contribution is -0.118. The van der Waals surface area contributed by atoms with E-state index >= 15 is 0 Å². The van der Waals surface area contributed by atoms with Crippen LogP contribution in [-0.2, 0) is 4.79 Å². The fourth-order valence-corrected chi connectivity index (χ4v) is 2.97. The van der Waals surface area contributed by atoms with Crippen molar-refractivity contribution in [1.29, 1.82) is 0 Å². The SMILES string of the molecule is NC(=O)C(Nc1cncc(-c2ccc3[nH]nc(F)c3c2)c1)c1ccccc1. The second-order valence-corrected chi connectivity index (χ2v) is 6.13. The molecular formula is C20H16FN5O. The van der Waals surface area contributed by atoms with Gasteiger partial charge in [0.05, 0.1) is 22.8 Å². The zero-order valence-corrected chi connectivity index (χ0v) is 14.2. The fourth-order valence-electron chi connectivity index (χ4n) is 2.97. The van der Waals surface area contributed by atoms with E-state index in [0.29, 0.717) is 16.6 Å². The standard InChI is InChI=1S/C20H16FN5O/c21-19-16-9-13(6-7-17(16)25-26-19)14-8-15(11-23-10-14)24-18(20(22)27)12-4-2-1-3-5-12/h1-11,18,24H,(H2,22,27)(H,25,26). The summed E-state index contributed by atoms with van der Waals surface area (Å²) in [6.07, 6.45) is 3.28. The van der Waals surface area contributed by atoms with E-state index in [1.807, 2.05) is 42.5 Å². The van der Waals surface area contributed by atoms with Crippen LogP contribution in [0.4, 0.5) is 10.1 Å². The number of aromatic nitrogens is 3. The molecule has 1 atom stereocenters. The monoisotopic (exact) mass is 361 g/mol. The number of nitrogens with zero attached hydrogens (tertiary/aromatic N) is 2. The number of carbonyl (C=O) groups is 1. The van der Waals surface area contributed by atoms with Gasteiger partial charge in [0.25, 0.3) is 0 Å². The molecule has 0 aliphatic carbocycles. The first-order chi connectivity index (χ1) is 13.1. The Morgan fingerprint density at radius 3 is 2.67 bits per heavy atom. The first-order valence-electron chi connectivity index (χ1n) is 8.31. The molecule has 6 nitrogen and oxygen atoms in total. The summed E-state index contributed by atoms with van der Waals surface area (Å²) in [5.41, 5.74) is 9.14. The van der Waals surface area contributed by atoms with Crippen LogP contribution in [0.5, 0.6) is 0 Å². The Morgan fingerprint density at radius 2 is 1.89 bits per heavy atom. The third-order valence-electron chi connectivity index (χ3n) is 4.32. The number of fused-ring (bicyclic) bond motifs is 1. The van der Waals surface area contributed by atoms with Crippen LogP contribution >= 0.6 is 0 Å². The number of primary amides is 1. The lowest BCUT2D eigenvalue weighted by atomic mass is 10.0. The number of aromatic amines is 1. The predicted molar refractivity (Wildman–Crippen MR) is 101 cm³/mol. The number of benzene rings is 2. The van der Waals surface area contributed by atoms with E-state index in [-0.39, 0.29) is 0 Å². The lowest BCUT2D eigenvalue weighted by Crippen LogP contribution is -2.27. The van der Waals surface area contributed by atoms with Gasteiger partial charge in [0, 0.05) is 11.8 Å². The summed E-state index contributed by atoms with van der Waals surface area (Å²) in [5, 5.41) is 9.73. The number of rotatable bonds is 5. The van der Waals surface area contributed by atoms with E-state index in [4.69, 9.17) is 5.73 Å². The molecule has 0 saturated carbocycles. The maximum absolute atomic E-state index is 13.7. The van der Waals surface area contributed by atoms with Crippen LogP contribution in [0.25, 0.3) is 22.0 Å². The maximum Gasteiger partial charge on any atom is 0.244 e. The van der Waals surface area contributed by atoms with Crippen molar-refractivity contribution >= 4 is 22.5 Å². The third-order valence-corrected chi connectivity index (χ3v) is 4.32. The van der Waals surface area contributed by atoms with Crippen LogP contribution in [0.1, 0.15) is 11.6 Å². The van der Waals surface area contributed by atoms with Crippen LogP contribution in [0.2, 0.25) is 0 Å². The molecule has 27 heavy (non-hydrogen) atoms. The van der Waals surface area contributed by atoms with Crippen molar-refractivity contribution in [1.82, 2.24) is 15.2 Å². The number of anilines is 1. The molecule has 1 amide bonds. The minimum atomic E-state index is -0.683. The van der Waals surface area contributed by atoms with Crippen molar-refractivity contribution in [2.45, 2.75) is 6.04 Å². The summed E-state index contributed by atoms with van der Waals surface area (Å²) in [6, 6.07) is 15.7. The van der Waals surface area contributed by atoms with Gasteiger partial charge in [-0.3, -0.25) is 14.9 Å². The van der Waals surface area contributed by atoms with Gasteiger partial charge in [-0.05, 0) is 29.3 Å². The summed E-state index contributed by atoms with van der Waals surface area (Å²) < 4.78 is 13.7. The van der Waals surface area contributed by atoms with Crippen molar-refractivity contribution in [3.63, 3.8) is 0 Å².